The fourth-order valence-corrected chi connectivity index (χ4v) is 2.84. The number of ether oxygens (including phenoxy) is 1. The first-order valence-electron chi connectivity index (χ1n) is 7.96. The number of carbonyl (C=O) groups is 3. The van der Waals surface area contributed by atoms with Crippen molar-refractivity contribution in [3.8, 4) is 5.75 Å². The van der Waals surface area contributed by atoms with E-state index in [-0.39, 0.29) is 23.8 Å². The molecule has 1 saturated carbocycles. The number of amides is 2. The van der Waals surface area contributed by atoms with Crippen LogP contribution in [0.3, 0.4) is 0 Å². The third-order valence-electron chi connectivity index (χ3n) is 4.14. The molecule has 1 fully saturated rings. The lowest BCUT2D eigenvalue weighted by Gasteiger charge is -2.28. The van der Waals surface area contributed by atoms with E-state index in [1.165, 1.54) is 6.07 Å². The highest BCUT2D eigenvalue weighted by atomic mass is 16.5. The molecular weight excluding hydrogens is 312 g/mol. The third-order valence-corrected chi connectivity index (χ3v) is 4.14. The first-order valence-corrected chi connectivity index (χ1v) is 7.96. The third kappa shape index (κ3) is 4.97. The summed E-state index contributed by atoms with van der Waals surface area (Å²) in [5, 5.41) is 14.2. The molecule has 2 rings (SSSR count). The van der Waals surface area contributed by atoms with Gasteiger partial charge in [-0.2, -0.15) is 0 Å². The monoisotopic (exact) mass is 334 g/mol. The van der Waals surface area contributed by atoms with Crippen molar-refractivity contribution in [3.05, 3.63) is 29.8 Å². The van der Waals surface area contributed by atoms with E-state index in [2.05, 4.69) is 10.6 Å². The van der Waals surface area contributed by atoms with Gasteiger partial charge in [0.2, 0.25) is 5.91 Å². The number of carbonyl (C=O) groups excluding carboxylic acids is 2. The van der Waals surface area contributed by atoms with Crippen molar-refractivity contribution in [1.29, 1.82) is 0 Å². The molecule has 0 spiro atoms. The highest BCUT2D eigenvalue weighted by Gasteiger charge is 2.26. The molecule has 0 saturated heterocycles. The van der Waals surface area contributed by atoms with E-state index in [0.717, 1.165) is 25.7 Å². The van der Waals surface area contributed by atoms with Gasteiger partial charge < -0.3 is 20.5 Å². The first kappa shape index (κ1) is 17.8. The number of carboxylic acids is 1. The second kappa shape index (κ2) is 8.33. The molecular formula is C17H22N2O5. The molecule has 1 aliphatic rings. The van der Waals surface area contributed by atoms with Crippen LogP contribution in [0, 0.1) is 5.92 Å². The maximum atomic E-state index is 12.3. The van der Waals surface area contributed by atoms with Crippen LogP contribution < -0.4 is 15.4 Å². The molecule has 24 heavy (non-hydrogen) atoms. The van der Waals surface area contributed by atoms with Gasteiger partial charge in [-0.1, -0.05) is 6.07 Å². The van der Waals surface area contributed by atoms with Gasteiger partial charge in [0.05, 0.1) is 0 Å². The molecule has 130 valence electrons. The number of carboxylic acid groups (broad SMARTS) is 1. The Kier molecular flexibility index (Phi) is 6.17. The van der Waals surface area contributed by atoms with Gasteiger partial charge in [0.25, 0.3) is 5.91 Å². The van der Waals surface area contributed by atoms with Gasteiger partial charge in [0, 0.05) is 24.6 Å². The maximum Gasteiger partial charge on any atom is 0.341 e. The Hall–Kier alpha value is -2.57. The van der Waals surface area contributed by atoms with Gasteiger partial charge in [-0.25, -0.2) is 4.79 Å². The van der Waals surface area contributed by atoms with E-state index in [9.17, 15) is 14.4 Å². The van der Waals surface area contributed by atoms with Crippen LogP contribution in [0.15, 0.2) is 24.3 Å². The van der Waals surface area contributed by atoms with Crippen LogP contribution in [0.25, 0.3) is 0 Å². The molecule has 3 N–H and O–H groups in total. The zero-order chi connectivity index (χ0) is 17.5. The summed E-state index contributed by atoms with van der Waals surface area (Å²) in [5.74, 6) is -0.871. The van der Waals surface area contributed by atoms with Crippen molar-refractivity contribution in [2.45, 2.75) is 31.7 Å². The number of rotatable bonds is 6. The summed E-state index contributed by atoms with van der Waals surface area (Å²) in [5.41, 5.74) is 0.423. The minimum absolute atomic E-state index is 0.0240. The van der Waals surface area contributed by atoms with Crippen LogP contribution in [0.1, 0.15) is 36.0 Å². The van der Waals surface area contributed by atoms with E-state index < -0.39 is 12.6 Å². The number of aliphatic carboxylic acids is 1. The molecule has 0 atom stereocenters. The molecule has 7 heteroatoms. The van der Waals surface area contributed by atoms with E-state index in [1.807, 2.05) is 0 Å². The normalized spacial score (nSPS) is 20.0. The smallest absolute Gasteiger partial charge is 0.341 e. The van der Waals surface area contributed by atoms with E-state index in [4.69, 9.17) is 9.84 Å². The minimum atomic E-state index is -1.07. The van der Waals surface area contributed by atoms with Gasteiger partial charge in [0.15, 0.2) is 6.61 Å². The molecule has 0 unspecified atom stereocenters. The Labute approximate surface area is 140 Å². The predicted molar refractivity (Wildman–Crippen MR) is 86.9 cm³/mol. The summed E-state index contributed by atoms with van der Waals surface area (Å²) in [6.45, 7) is -0.450. The fraction of sp³-hybridized carbons (Fsp3) is 0.471. The fourth-order valence-electron chi connectivity index (χ4n) is 2.84. The van der Waals surface area contributed by atoms with Gasteiger partial charge >= 0.3 is 5.97 Å². The molecule has 0 heterocycles. The van der Waals surface area contributed by atoms with Crippen molar-refractivity contribution >= 4 is 17.8 Å². The lowest BCUT2D eigenvalue weighted by molar-refractivity contribution is -0.139. The lowest BCUT2D eigenvalue weighted by atomic mass is 9.85. The van der Waals surface area contributed by atoms with Gasteiger partial charge in [-0.05, 0) is 43.9 Å². The van der Waals surface area contributed by atoms with Gasteiger partial charge in [-0.15, -0.1) is 0 Å². The van der Waals surface area contributed by atoms with Crippen LogP contribution in [-0.4, -0.2) is 42.6 Å². The first-order chi connectivity index (χ1) is 11.5. The molecule has 1 aliphatic carbocycles. The standard InChI is InChI=1S/C17H22N2O5/c1-18-16(22)11-5-7-13(8-6-11)19-17(23)12-3-2-4-14(9-12)24-10-15(20)21/h2-4,9,11,13H,5-8,10H2,1H3,(H,18,22)(H,19,23)(H,20,21). The van der Waals surface area contributed by atoms with Crippen LogP contribution in [0.4, 0.5) is 0 Å². The summed E-state index contributed by atoms with van der Waals surface area (Å²) in [4.78, 5) is 34.4. The van der Waals surface area contributed by atoms with Gasteiger partial charge in [0.1, 0.15) is 5.75 Å². The number of nitrogens with one attached hydrogen (secondary N) is 2. The number of hydrogen-bond donors (Lipinski definition) is 3. The number of benzene rings is 1. The zero-order valence-electron chi connectivity index (χ0n) is 13.6. The summed E-state index contributed by atoms with van der Waals surface area (Å²) >= 11 is 0. The molecule has 7 nitrogen and oxygen atoms in total. The maximum absolute atomic E-state index is 12.3. The van der Waals surface area contributed by atoms with E-state index >= 15 is 0 Å². The van der Waals surface area contributed by atoms with Crippen LogP contribution in [-0.2, 0) is 9.59 Å². The van der Waals surface area contributed by atoms with Gasteiger partial charge in [-0.3, -0.25) is 9.59 Å². The van der Waals surface area contributed by atoms with Crippen LogP contribution in [0.5, 0.6) is 5.75 Å². The summed E-state index contributed by atoms with van der Waals surface area (Å²) in [6.07, 6.45) is 3.04. The van der Waals surface area contributed by atoms with Crippen molar-refractivity contribution in [1.82, 2.24) is 10.6 Å². The minimum Gasteiger partial charge on any atom is -0.482 e. The lowest BCUT2D eigenvalue weighted by Crippen LogP contribution is -2.40. The second-order valence-electron chi connectivity index (χ2n) is 5.85. The van der Waals surface area contributed by atoms with Crippen molar-refractivity contribution < 1.29 is 24.2 Å². The number of hydrogen-bond acceptors (Lipinski definition) is 4. The van der Waals surface area contributed by atoms with E-state index in [1.54, 1.807) is 25.2 Å². The molecule has 0 aliphatic heterocycles. The second-order valence-corrected chi connectivity index (χ2v) is 5.85. The Balaban J connectivity index is 1.88. The Morgan fingerprint density at radius 2 is 1.92 bits per heavy atom. The zero-order valence-corrected chi connectivity index (χ0v) is 13.6. The summed E-state index contributed by atoms with van der Waals surface area (Å²) < 4.78 is 5.08. The largest absolute Gasteiger partial charge is 0.482 e. The van der Waals surface area contributed by atoms with E-state index in [0.29, 0.717) is 11.3 Å². The van der Waals surface area contributed by atoms with Crippen molar-refractivity contribution in [2.24, 2.45) is 5.92 Å². The summed E-state index contributed by atoms with van der Waals surface area (Å²) in [6, 6.07) is 6.47. The molecule has 1 aromatic carbocycles. The molecule has 2 amide bonds. The molecule has 0 bridgehead atoms. The van der Waals surface area contributed by atoms with Crippen molar-refractivity contribution in [3.63, 3.8) is 0 Å². The highest BCUT2D eigenvalue weighted by Crippen LogP contribution is 2.24. The SMILES string of the molecule is CNC(=O)C1CCC(NC(=O)c2cccc(OCC(=O)O)c2)CC1. The quantitative estimate of drug-likeness (QED) is 0.725. The average Bonchev–Trinajstić information content (AvgIpc) is 2.60. The predicted octanol–water partition coefficient (Wildman–Crippen LogP) is 1.18. The molecule has 0 aromatic heterocycles. The Morgan fingerprint density at radius 3 is 2.54 bits per heavy atom. The average molecular weight is 334 g/mol. The van der Waals surface area contributed by atoms with Crippen molar-refractivity contribution in [2.75, 3.05) is 13.7 Å². The summed E-state index contributed by atoms with van der Waals surface area (Å²) in [7, 11) is 1.63. The highest BCUT2D eigenvalue weighted by molar-refractivity contribution is 5.94. The Bertz CT molecular complexity index is 609. The van der Waals surface area contributed by atoms with Crippen LogP contribution >= 0.6 is 0 Å². The topological polar surface area (TPSA) is 105 Å². The molecule has 1 aromatic rings. The molecule has 0 radical (unpaired) electrons. The Morgan fingerprint density at radius 1 is 1.21 bits per heavy atom. The van der Waals surface area contributed by atoms with Crippen LogP contribution in [0.2, 0.25) is 0 Å².